The van der Waals surface area contributed by atoms with Crippen LogP contribution in [0.25, 0.3) is 17.0 Å². The molecule has 1 aromatic heterocycles. The second kappa shape index (κ2) is 12.4. The fraction of sp³-hybridized carbons (Fsp3) is 0.250. The van der Waals surface area contributed by atoms with E-state index < -0.39 is 15.9 Å². The van der Waals surface area contributed by atoms with Gasteiger partial charge in [-0.2, -0.15) is 0 Å². The molecule has 0 saturated carbocycles. The number of rotatable bonds is 10. The second-order valence-electron chi connectivity index (χ2n) is 10.0. The molecule has 3 N–H and O–H groups in total. The maximum Gasteiger partial charge on any atom is 0.265 e. The zero-order valence-corrected chi connectivity index (χ0v) is 24.7. The lowest BCUT2D eigenvalue weighted by Gasteiger charge is -2.17. The summed E-state index contributed by atoms with van der Waals surface area (Å²) < 4.78 is 33.5. The van der Waals surface area contributed by atoms with Gasteiger partial charge in [0.25, 0.3) is 15.9 Å². The van der Waals surface area contributed by atoms with Crippen LogP contribution in [0.5, 0.6) is 5.75 Å². The fourth-order valence-electron chi connectivity index (χ4n) is 4.77. The summed E-state index contributed by atoms with van der Waals surface area (Å²) >= 11 is 0. The molecular weight excluding hydrogens is 538 g/mol. The molecule has 4 aromatic rings. The molecule has 214 valence electrons. The van der Waals surface area contributed by atoms with Crippen molar-refractivity contribution in [2.75, 3.05) is 13.7 Å². The Morgan fingerprint density at radius 2 is 1.80 bits per heavy atom. The van der Waals surface area contributed by atoms with Gasteiger partial charge in [-0.05, 0) is 73.4 Å². The van der Waals surface area contributed by atoms with E-state index in [1.807, 2.05) is 44.3 Å². The van der Waals surface area contributed by atoms with E-state index in [1.165, 1.54) is 13.2 Å². The first kappa shape index (κ1) is 29.6. The van der Waals surface area contributed by atoms with E-state index in [4.69, 9.17) is 4.74 Å². The van der Waals surface area contributed by atoms with E-state index in [0.29, 0.717) is 23.4 Å². The molecule has 0 bridgehead atoms. The quantitative estimate of drug-likeness (QED) is 0.211. The molecule has 1 atom stereocenters. The van der Waals surface area contributed by atoms with E-state index >= 15 is 0 Å². The van der Waals surface area contributed by atoms with Gasteiger partial charge in [0.15, 0.2) is 0 Å². The standard InChI is InChI=1S/C32H35N3O5S/c1-6-15-33-31(36)21(3)16-23-11-14-28-26(17-23)27(19-34-28)22(4)25-13-12-24(18-29(25)40-5)32(37)35-41(38,39)30-10-8-7-9-20(30)2/h7-14,16-19,22,34H,6,15H2,1-5H3,(H,33,36)(H,35,37)/b21-16+. The third-order valence-corrected chi connectivity index (χ3v) is 8.54. The Kier molecular flexibility index (Phi) is 8.98. The Morgan fingerprint density at radius 1 is 1.05 bits per heavy atom. The predicted octanol–water partition coefficient (Wildman–Crippen LogP) is 5.68. The largest absolute Gasteiger partial charge is 0.496 e. The number of hydrogen-bond acceptors (Lipinski definition) is 5. The number of carbonyl (C=O) groups excluding carboxylic acids is 2. The van der Waals surface area contributed by atoms with Gasteiger partial charge >= 0.3 is 0 Å². The van der Waals surface area contributed by atoms with E-state index in [1.54, 1.807) is 50.2 Å². The monoisotopic (exact) mass is 573 g/mol. The number of methoxy groups -OCH3 is 1. The molecule has 0 aliphatic rings. The van der Waals surface area contributed by atoms with Crippen LogP contribution in [0.15, 0.2) is 77.3 Å². The molecule has 4 rings (SSSR count). The number of amides is 2. The van der Waals surface area contributed by atoms with Crippen LogP contribution in [0, 0.1) is 6.92 Å². The first-order valence-electron chi connectivity index (χ1n) is 13.4. The average molecular weight is 574 g/mol. The third-order valence-electron chi connectivity index (χ3n) is 7.05. The lowest BCUT2D eigenvalue weighted by Crippen LogP contribution is -2.31. The van der Waals surface area contributed by atoms with Crippen LogP contribution in [0.1, 0.15) is 65.7 Å². The zero-order valence-electron chi connectivity index (χ0n) is 23.9. The number of H-pyrrole nitrogens is 1. The minimum atomic E-state index is -4.04. The Balaban J connectivity index is 1.61. The van der Waals surface area contributed by atoms with Crippen LogP contribution in [0.3, 0.4) is 0 Å². The second-order valence-corrected chi connectivity index (χ2v) is 11.7. The van der Waals surface area contributed by atoms with Gasteiger partial charge in [-0.15, -0.1) is 0 Å². The summed E-state index contributed by atoms with van der Waals surface area (Å²) in [6.07, 6.45) is 4.68. The highest BCUT2D eigenvalue weighted by Crippen LogP contribution is 2.36. The highest BCUT2D eigenvalue weighted by Gasteiger charge is 2.23. The van der Waals surface area contributed by atoms with Crippen LogP contribution in [0.4, 0.5) is 0 Å². The fourth-order valence-corrected chi connectivity index (χ4v) is 5.99. The molecule has 0 saturated heterocycles. The Morgan fingerprint density at radius 3 is 2.51 bits per heavy atom. The lowest BCUT2D eigenvalue weighted by molar-refractivity contribution is -0.117. The summed E-state index contributed by atoms with van der Waals surface area (Å²) in [4.78, 5) is 28.6. The summed E-state index contributed by atoms with van der Waals surface area (Å²) in [5, 5.41) is 3.90. The first-order chi connectivity index (χ1) is 19.6. The van der Waals surface area contributed by atoms with Crippen LogP contribution >= 0.6 is 0 Å². The SMILES string of the molecule is CCCNC(=O)/C(C)=C/c1ccc2[nH]cc(C(C)c3ccc(C(=O)NS(=O)(=O)c4ccccc4C)cc3OC)c2c1. The number of nitrogens with one attached hydrogen (secondary N) is 3. The van der Waals surface area contributed by atoms with Gasteiger partial charge < -0.3 is 15.0 Å². The molecule has 3 aromatic carbocycles. The number of aromatic nitrogens is 1. The van der Waals surface area contributed by atoms with E-state index in [-0.39, 0.29) is 22.3 Å². The smallest absolute Gasteiger partial charge is 0.265 e. The van der Waals surface area contributed by atoms with Crippen LogP contribution in [-0.2, 0) is 14.8 Å². The Hall–Kier alpha value is -4.37. The first-order valence-corrected chi connectivity index (χ1v) is 14.9. The van der Waals surface area contributed by atoms with Crippen molar-refractivity contribution in [3.8, 4) is 5.75 Å². The molecule has 2 amide bonds. The van der Waals surface area contributed by atoms with Gasteiger partial charge in [-0.3, -0.25) is 9.59 Å². The molecule has 0 aliphatic heterocycles. The van der Waals surface area contributed by atoms with Gasteiger partial charge in [0.1, 0.15) is 5.75 Å². The molecule has 1 unspecified atom stereocenters. The van der Waals surface area contributed by atoms with Crippen molar-refractivity contribution in [1.29, 1.82) is 0 Å². The maximum absolute atomic E-state index is 12.9. The zero-order chi connectivity index (χ0) is 29.7. The van der Waals surface area contributed by atoms with Gasteiger partial charge in [0, 0.05) is 46.3 Å². The third kappa shape index (κ3) is 6.52. The lowest BCUT2D eigenvalue weighted by atomic mass is 9.90. The number of sulfonamides is 1. The highest BCUT2D eigenvalue weighted by atomic mass is 32.2. The topological polar surface area (TPSA) is 117 Å². The van der Waals surface area contributed by atoms with Gasteiger partial charge in [0.05, 0.1) is 12.0 Å². The van der Waals surface area contributed by atoms with Gasteiger partial charge in [-0.25, -0.2) is 13.1 Å². The molecule has 1 heterocycles. The summed E-state index contributed by atoms with van der Waals surface area (Å²) in [7, 11) is -2.53. The van der Waals surface area contributed by atoms with Crippen molar-refractivity contribution < 1.29 is 22.7 Å². The van der Waals surface area contributed by atoms with Crippen LogP contribution in [-0.4, -0.2) is 38.9 Å². The molecule has 0 spiro atoms. The van der Waals surface area contributed by atoms with Gasteiger partial charge in [-0.1, -0.05) is 44.2 Å². The molecule has 9 heteroatoms. The minimum absolute atomic E-state index is 0.0517. The number of fused-ring (bicyclic) bond motifs is 1. The predicted molar refractivity (Wildman–Crippen MR) is 162 cm³/mol. The number of carbonyl (C=O) groups is 2. The molecule has 0 radical (unpaired) electrons. The number of aryl methyl sites for hydroxylation is 1. The summed E-state index contributed by atoms with van der Waals surface area (Å²) in [6, 6.07) is 17.4. The summed E-state index contributed by atoms with van der Waals surface area (Å²) in [6.45, 7) is 8.15. The maximum atomic E-state index is 12.9. The Labute approximate surface area is 240 Å². The van der Waals surface area contributed by atoms with Crippen molar-refractivity contribution >= 4 is 38.8 Å². The van der Waals surface area contributed by atoms with Crippen molar-refractivity contribution in [1.82, 2.24) is 15.0 Å². The molecule has 8 nitrogen and oxygen atoms in total. The number of benzene rings is 3. The van der Waals surface area contributed by atoms with Crippen molar-refractivity contribution in [3.05, 3.63) is 100 Å². The highest BCUT2D eigenvalue weighted by molar-refractivity contribution is 7.90. The van der Waals surface area contributed by atoms with E-state index in [0.717, 1.165) is 34.0 Å². The number of hydrogen-bond donors (Lipinski definition) is 3. The molecule has 0 aliphatic carbocycles. The number of aromatic amines is 1. The molecular formula is C32H35N3O5S. The normalized spacial score (nSPS) is 12.7. The van der Waals surface area contributed by atoms with E-state index in [2.05, 4.69) is 15.0 Å². The number of ether oxygens (including phenoxy) is 1. The van der Waals surface area contributed by atoms with E-state index in [9.17, 15) is 18.0 Å². The van der Waals surface area contributed by atoms with Crippen LogP contribution in [0.2, 0.25) is 0 Å². The molecule has 0 fully saturated rings. The molecule has 41 heavy (non-hydrogen) atoms. The van der Waals surface area contributed by atoms with Gasteiger partial charge in [0.2, 0.25) is 5.91 Å². The Bertz CT molecular complexity index is 1740. The van der Waals surface area contributed by atoms with Crippen molar-refractivity contribution in [2.24, 2.45) is 0 Å². The van der Waals surface area contributed by atoms with Crippen LogP contribution < -0.4 is 14.8 Å². The summed E-state index contributed by atoms with van der Waals surface area (Å²) in [5.41, 5.74) is 5.05. The van der Waals surface area contributed by atoms with Crippen molar-refractivity contribution in [3.63, 3.8) is 0 Å². The summed E-state index contributed by atoms with van der Waals surface area (Å²) in [5.74, 6) is -0.491. The average Bonchev–Trinajstić information content (AvgIpc) is 3.38. The minimum Gasteiger partial charge on any atom is -0.496 e. The van der Waals surface area contributed by atoms with Crippen molar-refractivity contribution in [2.45, 2.75) is 44.9 Å².